The van der Waals surface area contributed by atoms with Crippen molar-refractivity contribution in [3.8, 4) is 17.1 Å². The van der Waals surface area contributed by atoms with Crippen molar-refractivity contribution >= 4 is 17.2 Å². The molecule has 0 unspecified atom stereocenters. The molecule has 2 aromatic heterocycles. The van der Waals surface area contributed by atoms with Gasteiger partial charge in [0.15, 0.2) is 5.65 Å². The molecule has 28 heavy (non-hydrogen) atoms. The number of benzene rings is 2. The zero-order valence-corrected chi connectivity index (χ0v) is 15.9. The first kappa shape index (κ1) is 17.7. The van der Waals surface area contributed by atoms with Crippen LogP contribution >= 0.6 is 0 Å². The Kier molecular flexibility index (Phi) is 4.53. The fourth-order valence-corrected chi connectivity index (χ4v) is 3.01. The van der Waals surface area contributed by atoms with Crippen molar-refractivity contribution in [2.45, 2.75) is 13.8 Å². The maximum Gasteiger partial charge on any atom is 0.255 e. The number of hydrogen-bond acceptors (Lipinski definition) is 4. The number of fused-ring (bicyclic) bond motifs is 1. The number of carbonyl (C=O) groups is 1. The smallest absolute Gasteiger partial charge is 0.255 e. The molecule has 1 amide bonds. The molecule has 0 fully saturated rings. The van der Waals surface area contributed by atoms with E-state index in [0.717, 1.165) is 33.7 Å². The van der Waals surface area contributed by atoms with Crippen LogP contribution in [0.5, 0.6) is 5.88 Å². The summed E-state index contributed by atoms with van der Waals surface area (Å²) in [6.07, 6.45) is 1.84. The molecule has 1 N–H and O–H groups in total. The molecule has 6 heteroatoms. The molecule has 4 aromatic rings. The third kappa shape index (κ3) is 3.44. The number of amides is 1. The van der Waals surface area contributed by atoms with Crippen molar-refractivity contribution < 1.29 is 9.53 Å². The van der Waals surface area contributed by atoms with Crippen molar-refractivity contribution in [1.82, 2.24) is 14.6 Å². The maximum absolute atomic E-state index is 12.6. The SMILES string of the molecule is COc1ccc2nc(-c3ccc(C)c(NC(=O)c4cccc(C)c4)c3)cn2n1. The Morgan fingerprint density at radius 3 is 2.71 bits per heavy atom. The molecule has 0 aliphatic rings. The number of nitrogens with one attached hydrogen (secondary N) is 1. The van der Waals surface area contributed by atoms with Gasteiger partial charge in [0.2, 0.25) is 5.88 Å². The molecule has 0 aliphatic heterocycles. The molecule has 0 saturated heterocycles. The highest BCUT2D eigenvalue weighted by atomic mass is 16.5. The summed E-state index contributed by atoms with van der Waals surface area (Å²) in [5.74, 6) is 0.386. The van der Waals surface area contributed by atoms with E-state index in [4.69, 9.17) is 4.74 Å². The molecule has 2 heterocycles. The van der Waals surface area contributed by atoms with Crippen LogP contribution in [0.15, 0.2) is 60.8 Å². The topological polar surface area (TPSA) is 68.5 Å². The Balaban J connectivity index is 1.66. The summed E-state index contributed by atoms with van der Waals surface area (Å²) in [6, 6.07) is 17.0. The first-order valence-electron chi connectivity index (χ1n) is 8.93. The van der Waals surface area contributed by atoms with Gasteiger partial charge in [-0.05, 0) is 43.7 Å². The summed E-state index contributed by atoms with van der Waals surface area (Å²) in [5.41, 5.74) is 5.81. The Morgan fingerprint density at radius 1 is 1.07 bits per heavy atom. The zero-order valence-electron chi connectivity index (χ0n) is 15.9. The summed E-state index contributed by atoms with van der Waals surface area (Å²) in [4.78, 5) is 17.2. The molecule has 4 rings (SSSR count). The van der Waals surface area contributed by atoms with Crippen molar-refractivity contribution in [3.63, 3.8) is 0 Å². The molecule has 0 radical (unpaired) electrons. The van der Waals surface area contributed by atoms with E-state index >= 15 is 0 Å². The number of ether oxygens (including phenoxy) is 1. The first-order chi connectivity index (χ1) is 13.5. The molecule has 0 saturated carbocycles. The number of rotatable bonds is 4. The Hall–Kier alpha value is -3.67. The number of nitrogens with zero attached hydrogens (tertiary/aromatic N) is 3. The highest BCUT2D eigenvalue weighted by Crippen LogP contribution is 2.26. The fraction of sp³-hybridized carbons (Fsp3) is 0.136. The molecule has 6 nitrogen and oxygen atoms in total. The second kappa shape index (κ2) is 7.15. The number of hydrogen-bond donors (Lipinski definition) is 1. The third-order valence-electron chi connectivity index (χ3n) is 4.57. The van der Waals surface area contributed by atoms with Gasteiger partial charge in [-0.25, -0.2) is 9.50 Å². The highest BCUT2D eigenvalue weighted by Gasteiger charge is 2.11. The predicted octanol–water partition coefficient (Wildman–Crippen LogP) is 4.27. The molecule has 140 valence electrons. The van der Waals surface area contributed by atoms with Crippen molar-refractivity contribution in [2.24, 2.45) is 0 Å². The predicted molar refractivity (Wildman–Crippen MR) is 109 cm³/mol. The van der Waals surface area contributed by atoms with Gasteiger partial charge in [-0.15, -0.1) is 5.10 Å². The van der Waals surface area contributed by atoms with Crippen molar-refractivity contribution in [1.29, 1.82) is 0 Å². The third-order valence-corrected chi connectivity index (χ3v) is 4.57. The second-order valence-corrected chi connectivity index (χ2v) is 6.66. The Labute approximate surface area is 162 Å². The van der Waals surface area contributed by atoms with E-state index in [-0.39, 0.29) is 5.91 Å². The van der Waals surface area contributed by atoms with Crippen LogP contribution in [0.2, 0.25) is 0 Å². The van der Waals surface area contributed by atoms with Crippen LogP contribution in [-0.4, -0.2) is 27.6 Å². The molecule has 0 atom stereocenters. The van der Waals surface area contributed by atoms with Gasteiger partial charge in [0.05, 0.1) is 19.0 Å². The average molecular weight is 372 g/mol. The van der Waals surface area contributed by atoms with Crippen molar-refractivity contribution in [3.05, 3.63) is 77.5 Å². The molecular weight excluding hydrogens is 352 g/mol. The monoisotopic (exact) mass is 372 g/mol. The van der Waals surface area contributed by atoms with E-state index in [0.29, 0.717) is 11.4 Å². The standard InChI is InChI=1S/C22H20N4O2/c1-14-5-4-6-17(11-14)22(27)24-18-12-16(8-7-15(18)2)19-13-26-20(23-19)9-10-21(25-26)28-3/h4-13H,1-3H3,(H,24,27). The number of carbonyl (C=O) groups excluding carboxylic acids is 1. The van der Waals surface area contributed by atoms with Crippen LogP contribution in [0, 0.1) is 13.8 Å². The van der Waals surface area contributed by atoms with Crippen LogP contribution in [0.25, 0.3) is 16.9 Å². The number of methoxy groups -OCH3 is 1. The quantitative estimate of drug-likeness (QED) is 0.581. The summed E-state index contributed by atoms with van der Waals surface area (Å²) in [7, 11) is 1.58. The van der Waals surface area contributed by atoms with Crippen LogP contribution in [0.4, 0.5) is 5.69 Å². The molecule has 0 bridgehead atoms. The van der Waals surface area contributed by atoms with E-state index < -0.39 is 0 Å². The Morgan fingerprint density at radius 2 is 1.93 bits per heavy atom. The number of anilines is 1. The molecule has 2 aromatic carbocycles. The van der Waals surface area contributed by atoms with Gasteiger partial charge < -0.3 is 10.1 Å². The minimum Gasteiger partial charge on any atom is -0.480 e. The lowest BCUT2D eigenvalue weighted by Crippen LogP contribution is -2.13. The van der Waals surface area contributed by atoms with Crippen LogP contribution in [0.3, 0.4) is 0 Å². The van der Waals surface area contributed by atoms with E-state index in [1.807, 2.05) is 68.6 Å². The second-order valence-electron chi connectivity index (χ2n) is 6.66. The summed E-state index contributed by atoms with van der Waals surface area (Å²) < 4.78 is 6.84. The van der Waals surface area contributed by atoms with Gasteiger partial charge in [-0.1, -0.05) is 29.8 Å². The van der Waals surface area contributed by atoms with Gasteiger partial charge in [0.25, 0.3) is 5.91 Å². The van der Waals surface area contributed by atoms with Crippen LogP contribution < -0.4 is 10.1 Å². The zero-order chi connectivity index (χ0) is 19.7. The summed E-state index contributed by atoms with van der Waals surface area (Å²) in [6.45, 7) is 3.93. The number of imidazole rings is 1. The fourth-order valence-electron chi connectivity index (χ4n) is 3.01. The first-order valence-corrected chi connectivity index (χ1v) is 8.93. The summed E-state index contributed by atoms with van der Waals surface area (Å²) >= 11 is 0. The van der Waals surface area contributed by atoms with E-state index in [9.17, 15) is 4.79 Å². The minimum atomic E-state index is -0.134. The molecule has 0 spiro atoms. The molecule has 0 aliphatic carbocycles. The lowest BCUT2D eigenvalue weighted by atomic mass is 10.1. The summed E-state index contributed by atoms with van der Waals surface area (Å²) in [5, 5.41) is 7.35. The van der Waals surface area contributed by atoms with Crippen LogP contribution in [-0.2, 0) is 0 Å². The normalized spacial score (nSPS) is 10.8. The Bertz CT molecular complexity index is 1180. The number of aromatic nitrogens is 3. The van der Waals surface area contributed by atoms with Crippen molar-refractivity contribution in [2.75, 3.05) is 12.4 Å². The average Bonchev–Trinajstić information content (AvgIpc) is 3.12. The minimum absolute atomic E-state index is 0.134. The van der Waals surface area contributed by atoms with Gasteiger partial charge in [-0.2, -0.15) is 0 Å². The van der Waals surface area contributed by atoms with Gasteiger partial charge in [0.1, 0.15) is 0 Å². The number of aryl methyl sites for hydroxylation is 2. The largest absolute Gasteiger partial charge is 0.480 e. The van der Waals surface area contributed by atoms with E-state index in [1.165, 1.54) is 0 Å². The lowest BCUT2D eigenvalue weighted by molar-refractivity contribution is 0.102. The molecular formula is C22H20N4O2. The van der Waals surface area contributed by atoms with Gasteiger partial charge >= 0.3 is 0 Å². The van der Waals surface area contributed by atoms with E-state index in [2.05, 4.69) is 15.4 Å². The van der Waals surface area contributed by atoms with E-state index in [1.54, 1.807) is 17.7 Å². The lowest BCUT2D eigenvalue weighted by Gasteiger charge is -2.10. The van der Waals surface area contributed by atoms with Gasteiger partial charge in [-0.3, -0.25) is 4.79 Å². The van der Waals surface area contributed by atoms with Crippen LogP contribution in [0.1, 0.15) is 21.5 Å². The highest BCUT2D eigenvalue weighted by molar-refractivity contribution is 6.05. The van der Waals surface area contributed by atoms with Gasteiger partial charge in [0, 0.05) is 22.9 Å². The maximum atomic E-state index is 12.6.